The van der Waals surface area contributed by atoms with Gasteiger partial charge in [-0.3, -0.25) is 5.10 Å². The zero-order valence-electron chi connectivity index (χ0n) is 7.36. The highest BCUT2D eigenvalue weighted by Gasteiger charge is 2.05. The van der Waals surface area contributed by atoms with Gasteiger partial charge in [-0.15, -0.1) is 0 Å². The average molecular weight is 184 g/mol. The van der Waals surface area contributed by atoms with E-state index in [1.165, 1.54) is 0 Å². The molecule has 68 valence electrons. The van der Waals surface area contributed by atoms with Crippen LogP contribution in [0.2, 0.25) is 0 Å². The second-order valence-corrected chi connectivity index (χ2v) is 3.07. The summed E-state index contributed by atoms with van der Waals surface area (Å²) < 4.78 is 0. The van der Waals surface area contributed by atoms with Crippen LogP contribution in [0.15, 0.2) is 36.8 Å². The van der Waals surface area contributed by atoms with Crippen molar-refractivity contribution in [3.05, 3.63) is 36.8 Å². The van der Waals surface area contributed by atoms with Gasteiger partial charge in [-0.05, 0) is 18.2 Å². The van der Waals surface area contributed by atoms with Gasteiger partial charge in [0.05, 0.1) is 5.69 Å². The number of hydrogen-bond donors (Lipinski definition) is 2. The van der Waals surface area contributed by atoms with Crippen LogP contribution in [0.25, 0.3) is 22.3 Å². The van der Waals surface area contributed by atoms with Gasteiger partial charge in [0.25, 0.3) is 0 Å². The Hall–Kier alpha value is -2.10. The van der Waals surface area contributed by atoms with Crippen molar-refractivity contribution in [1.82, 2.24) is 20.2 Å². The topological polar surface area (TPSA) is 57.4 Å². The number of nitrogens with one attached hydrogen (secondary N) is 2. The van der Waals surface area contributed by atoms with Gasteiger partial charge in [-0.2, -0.15) is 5.10 Å². The molecule has 4 nitrogen and oxygen atoms in total. The fourth-order valence-corrected chi connectivity index (χ4v) is 1.60. The number of H-pyrrole nitrogens is 2. The van der Waals surface area contributed by atoms with Crippen molar-refractivity contribution in [3.8, 4) is 11.3 Å². The van der Waals surface area contributed by atoms with Crippen LogP contribution in [0.1, 0.15) is 0 Å². The molecule has 0 saturated carbocycles. The quantitative estimate of drug-likeness (QED) is 0.607. The van der Waals surface area contributed by atoms with Crippen molar-refractivity contribution in [1.29, 1.82) is 0 Å². The SMILES string of the molecule is c1cc(-c2ccnc3[nH]ccc23)[nH]n1. The summed E-state index contributed by atoms with van der Waals surface area (Å²) in [4.78, 5) is 7.30. The first-order valence-corrected chi connectivity index (χ1v) is 4.37. The van der Waals surface area contributed by atoms with E-state index < -0.39 is 0 Å². The summed E-state index contributed by atoms with van der Waals surface area (Å²) in [5, 5.41) is 7.99. The van der Waals surface area contributed by atoms with Gasteiger partial charge in [-0.25, -0.2) is 4.98 Å². The molecule has 0 aliphatic carbocycles. The Kier molecular flexibility index (Phi) is 1.41. The molecule has 2 N–H and O–H groups in total. The Morgan fingerprint density at radius 1 is 1.07 bits per heavy atom. The van der Waals surface area contributed by atoms with Crippen LogP contribution in [0.5, 0.6) is 0 Å². The Bertz CT molecular complexity index is 550. The van der Waals surface area contributed by atoms with Crippen molar-refractivity contribution in [2.75, 3.05) is 0 Å². The number of aromatic nitrogens is 4. The van der Waals surface area contributed by atoms with E-state index in [0.29, 0.717) is 0 Å². The van der Waals surface area contributed by atoms with Crippen molar-refractivity contribution >= 4 is 11.0 Å². The Morgan fingerprint density at radius 3 is 2.93 bits per heavy atom. The lowest BCUT2D eigenvalue weighted by molar-refractivity contribution is 1.10. The summed E-state index contributed by atoms with van der Waals surface area (Å²) in [7, 11) is 0. The number of aromatic amines is 2. The van der Waals surface area contributed by atoms with Crippen molar-refractivity contribution in [2.45, 2.75) is 0 Å². The summed E-state index contributed by atoms with van der Waals surface area (Å²) in [5.41, 5.74) is 3.03. The second-order valence-electron chi connectivity index (χ2n) is 3.07. The summed E-state index contributed by atoms with van der Waals surface area (Å²) in [6.07, 6.45) is 5.42. The molecule has 0 unspecified atom stereocenters. The predicted molar refractivity (Wildman–Crippen MR) is 53.7 cm³/mol. The number of pyridine rings is 1. The molecule has 3 rings (SSSR count). The van der Waals surface area contributed by atoms with Gasteiger partial charge in [0.15, 0.2) is 0 Å². The van der Waals surface area contributed by atoms with Crippen molar-refractivity contribution < 1.29 is 0 Å². The monoisotopic (exact) mass is 184 g/mol. The van der Waals surface area contributed by atoms with Crippen LogP contribution in [0.4, 0.5) is 0 Å². The molecule has 0 aromatic carbocycles. The van der Waals surface area contributed by atoms with E-state index in [1.54, 1.807) is 12.4 Å². The van der Waals surface area contributed by atoms with E-state index in [9.17, 15) is 0 Å². The third kappa shape index (κ3) is 0.939. The first-order chi connectivity index (χ1) is 6.95. The van der Waals surface area contributed by atoms with Crippen LogP contribution < -0.4 is 0 Å². The fraction of sp³-hybridized carbons (Fsp3) is 0. The standard InChI is InChI=1S/C10H8N4/c1-4-11-10-8(2-5-12-10)7(1)9-3-6-13-14-9/h1-6H,(H,11,12)(H,13,14). The number of rotatable bonds is 1. The smallest absolute Gasteiger partial charge is 0.137 e. The van der Waals surface area contributed by atoms with E-state index >= 15 is 0 Å². The fourth-order valence-electron chi connectivity index (χ4n) is 1.60. The van der Waals surface area contributed by atoms with Crippen LogP contribution in [-0.2, 0) is 0 Å². The molecule has 3 aromatic heterocycles. The van der Waals surface area contributed by atoms with Gasteiger partial charge in [0.2, 0.25) is 0 Å². The Labute approximate surface area is 80.0 Å². The lowest BCUT2D eigenvalue weighted by Crippen LogP contribution is -1.81. The number of hydrogen-bond acceptors (Lipinski definition) is 2. The van der Waals surface area contributed by atoms with Crippen LogP contribution in [0, 0.1) is 0 Å². The molecule has 0 atom stereocenters. The highest BCUT2D eigenvalue weighted by molar-refractivity contribution is 5.91. The summed E-state index contributed by atoms with van der Waals surface area (Å²) >= 11 is 0. The minimum atomic E-state index is 0.900. The Morgan fingerprint density at radius 2 is 2.07 bits per heavy atom. The molecule has 0 spiro atoms. The molecule has 0 fully saturated rings. The first-order valence-electron chi connectivity index (χ1n) is 4.37. The third-order valence-electron chi connectivity index (χ3n) is 2.25. The highest BCUT2D eigenvalue weighted by atomic mass is 15.1. The lowest BCUT2D eigenvalue weighted by Gasteiger charge is -1.98. The first kappa shape index (κ1) is 7.32. The number of nitrogens with zero attached hydrogens (tertiary/aromatic N) is 2. The van der Waals surface area contributed by atoms with Crippen LogP contribution in [-0.4, -0.2) is 20.2 Å². The van der Waals surface area contributed by atoms with E-state index in [1.807, 2.05) is 24.4 Å². The maximum absolute atomic E-state index is 4.22. The summed E-state index contributed by atoms with van der Waals surface area (Å²) in [5.74, 6) is 0. The summed E-state index contributed by atoms with van der Waals surface area (Å²) in [6, 6.07) is 5.93. The van der Waals surface area contributed by atoms with Gasteiger partial charge in [0, 0.05) is 29.5 Å². The van der Waals surface area contributed by atoms with E-state index in [0.717, 1.165) is 22.3 Å². The zero-order valence-corrected chi connectivity index (χ0v) is 7.36. The maximum Gasteiger partial charge on any atom is 0.137 e. The molecule has 3 aromatic rings. The van der Waals surface area contributed by atoms with Crippen molar-refractivity contribution in [2.24, 2.45) is 0 Å². The Balaban J connectivity index is 2.36. The highest BCUT2D eigenvalue weighted by Crippen LogP contribution is 2.24. The van der Waals surface area contributed by atoms with E-state index in [4.69, 9.17) is 0 Å². The van der Waals surface area contributed by atoms with Gasteiger partial charge in [-0.1, -0.05) is 0 Å². The second kappa shape index (κ2) is 2.70. The summed E-state index contributed by atoms with van der Waals surface area (Å²) in [6.45, 7) is 0. The molecular weight excluding hydrogens is 176 g/mol. The van der Waals surface area contributed by atoms with Gasteiger partial charge < -0.3 is 4.98 Å². The minimum Gasteiger partial charge on any atom is -0.346 e. The van der Waals surface area contributed by atoms with Gasteiger partial charge >= 0.3 is 0 Å². The average Bonchev–Trinajstić information content (AvgIpc) is 2.88. The predicted octanol–water partition coefficient (Wildman–Crippen LogP) is 1.95. The third-order valence-corrected chi connectivity index (χ3v) is 2.25. The van der Waals surface area contributed by atoms with Crippen LogP contribution in [0.3, 0.4) is 0 Å². The van der Waals surface area contributed by atoms with Gasteiger partial charge in [0.1, 0.15) is 5.65 Å². The minimum absolute atomic E-state index is 0.900. The number of fused-ring (bicyclic) bond motifs is 1. The largest absolute Gasteiger partial charge is 0.346 e. The molecular formula is C10H8N4. The molecule has 0 bridgehead atoms. The molecule has 14 heavy (non-hydrogen) atoms. The molecule has 3 heterocycles. The normalized spacial score (nSPS) is 10.9. The molecule has 0 aliphatic heterocycles. The van der Waals surface area contributed by atoms with Crippen molar-refractivity contribution in [3.63, 3.8) is 0 Å². The van der Waals surface area contributed by atoms with E-state index in [2.05, 4.69) is 20.2 Å². The molecule has 0 saturated heterocycles. The molecule has 0 amide bonds. The van der Waals surface area contributed by atoms with Crippen LogP contribution >= 0.6 is 0 Å². The maximum atomic E-state index is 4.22. The molecule has 4 heteroatoms. The lowest BCUT2D eigenvalue weighted by atomic mass is 10.1. The molecule has 0 aliphatic rings. The zero-order chi connectivity index (χ0) is 9.38. The van der Waals surface area contributed by atoms with E-state index in [-0.39, 0.29) is 0 Å². The molecule has 0 radical (unpaired) electrons.